The van der Waals surface area contributed by atoms with E-state index in [1.807, 2.05) is 6.92 Å². The molecule has 1 unspecified atom stereocenters. The van der Waals surface area contributed by atoms with Crippen LogP contribution in [0, 0.1) is 0 Å². The number of anilines is 1. The molecule has 1 atom stereocenters. The highest BCUT2D eigenvalue weighted by molar-refractivity contribution is 7.89. The van der Waals surface area contributed by atoms with Crippen molar-refractivity contribution in [3.05, 3.63) is 24.3 Å². The number of hydrogen-bond donors (Lipinski definition) is 2. The van der Waals surface area contributed by atoms with Gasteiger partial charge in [-0.25, -0.2) is 13.6 Å². The maximum Gasteiger partial charge on any atom is 0.240 e. The van der Waals surface area contributed by atoms with E-state index in [1.54, 1.807) is 25.3 Å². The number of sulfonamides is 1. The van der Waals surface area contributed by atoms with E-state index in [0.717, 1.165) is 6.42 Å². The molecule has 0 spiro atoms. The molecule has 3 N–H and O–H groups in total. The van der Waals surface area contributed by atoms with Gasteiger partial charge in [0.2, 0.25) is 10.0 Å². The summed E-state index contributed by atoms with van der Waals surface area (Å²) in [5, 5.41) is 8.25. The van der Waals surface area contributed by atoms with Crippen molar-refractivity contribution in [3.8, 4) is 0 Å². The molecule has 0 fully saturated rings. The molecule has 0 amide bonds. The van der Waals surface area contributed by atoms with Crippen molar-refractivity contribution in [2.45, 2.75) is 24.3 Å². The van der Waals surface area contributed by atoms with Crippen molar-refractivity contribution in [1.29, 1.82) is 0 Å². The zero-order valence-corrected chi connectivity index (χ0v) is 10.8. The predicted octanol–water partition coefficient (Wildman–Crippen LogP) is 1.17. The summed E-state index contributed by atoms with van der Waals surface area (Å²) in [7, 11) is -2.06. The number of benzene rings is 1. The molecule has 1 aromatic carbocycles. The van der Waals surface area contributed by atoms with Crippen LogP contribution in [0.15, 0.2) is 29.2 Å². The molecule has 0 saturated carbocycles. The average Bonchev–Trinajstić information content (AvgIpc) is 2.25. The first-order valence-corrected chi connectivity index (χ1v) is 6.87. The summed E-state index contributed by atoms with van der Waals surface area (Å²) >= 11 is 0. The Morgan fingerprint density at radius 1 is 1.41 bits per heavy atom. The quantitative estimate of drug-likeness (QED) is 0.802. The first-order valence-electron chi connectivity index (χ1n) is 5.32. The molecule has 6 heteroatoms. The highest BCUT2D eigenvalue weighted by atomic mass is 32.2. The normalized spacial score (nSPS) is 13.4. The summed E-state index contributed by atoms with van der Waals surface area (Å²) in [6.07, 6.45) is 0.787. The Hall–Kier alpha value is -1.11. The second-order valence-electron chi connectivity index (χ2n) is 3.87. The topological polar surface area (TPSA) is 81.4 Å². The lowest BCUT2D eigenvalue weighted by Gasteiger charge is -2.16. The minimum absolute atomic E-state index is 0.109. The van der Waals surface area contributed by atoms with E-state index in [9.17, 15) is 8.42 Å². The maximum atomic E-state index is 11.4. The minimum atomic E-state index is -3.69. The highest BCUT2D eigenvalue weighted by Gasteiger charge is 2.14. The van der Waals surface area contributed by atoms with Crippen LogP contribution in [-0.4, -0.2) is 28.2 Å². The van der Waals surface area contributed by atoms with Gasteiger partial charge in [-0.15, -0.1) is 0 Å². The van der Waals surface area contributed by atoms with Crippen LogP contribution >= 0.6 is 0 Å². The third kappa shape index (κ3) is 4.33. The second kappa shape index (κ2) is 6.00. The van der Waals surface area contributed by atoms with Crippen LogP contribution in [-0.2, 0) is 14.8 Å². The summed E-state index contributed by atoms with van der Waals surface area (Å²) < 4.78 is 27.7. The van der Waals surface area contributed by atoms with Crippen LogP contribution < -0.4 is 10.5 Å². The van der Waals surface area contributed by atoms with Crippen LogP contribution in [0.4, 0.5) is 5.69 Å². The van der Waals surface area contributed by atoms with Crippen molar-refractivity contribution in [3.63, 3.8) is 0 Å². The van der Waals surface area contributed by atoms with Gasteiger partial charge in [-0.1, -0.05) is 12.1 Å². The Balaban J connectivity index is 2.84. The van der Waals surface area contributed by atoms with Gasteiger partial charge in [0, 0.05) is 19.8 Å². The molecule has 5 nitrogen and oxygen atoms in total. The van der Waals surface area contributed by atoms with Crippen molar-refractivity contribution < 1.29 is 13.2 Å². The van der Waals surface area contributed by atoms with Gasteiger partial charge in [-0.3, -0.25) is 0 Å². The molecule has 0 heterocycles. The molecule has 0 radical (unpaired) electrons. The number of rotatable bonds is 6. The van der Waals surface area contributed by atoms with E-state index in [-0.39, 0.29) is 10.9 Å². The lowest BCUT2D eigenvalue weighted by Crippen LogP contribution is -2.21. The molecule has 0 aromatic heterocycles. The Bertz CT molecular complexity index is 460. The molecule has 0 bridgehead atoms. The van der Waals surface area contributed by atoms with Gasteiger partial charge >= 0.3 is 0 Å². The lowest BCUT2D eigenvalue weighted by atomic mass is 10.2. The zero-order valence-electron chi connectivity index (χ0n) is 10.0. The molecule has 0 aliphatic rings. The number of ether oxygens (including phenoxy) is 1. The van der Waals surface area contributed by atoms with Crippen molar-refractivity contribution >= 4 is 15.7 Å². The molecular formula is C11H18N2O3S. The summed E-state index contributed by atoms with van der Waals surface area (Å²) in [5.41, 5.74) is 0.526. The first-order chi connectivity index (χ1) is 7.95. The van der Waals surface area contributed by atoms with Crippen LogP contribution in [0.1, 0.15) is 13.3 Å². The zero-order chi connectivity index (χ0) is 12.9. The molecule has 0 aliphatic carbocycles. The number of para-hydroxylation sites is 1. The summed E-state index contributed by atoms with van der Waals surface area (Å²) in [5.74, 6) is 0. The second-order valence-corrected chi connectivity index (χ2v) is 5.40. The van der Waals surface area contributed by atoms with Crippen molar-refractivity contribution in [2.75, 3.05) is 19.0 Å². The van der Waals surface area contributed by atoms with Crippen molar-refractivity contribution in [1.82, 2.24) is 0 Å². The summed E-state index contributed by atoms with van der Waals surface area (Å²) in [6, 6.07) is 6.70. The largest absolute Gasteiger partial charge is 0.385 e. The Labute approximate surface area is 102 Å². The number of nitrogens with two attached hydrogens (primary N) is 1. The SMILES string of the molecule is COCCC(C)Nc1ccccc1S(N)(=O)=O. The number of methoxy groups -OCH3 is 1. The number of primary sulfonamides is 1. The first kappa shape index (κ1) is 14.0. The smallest absolute Gasteiger partial charge is 0.240 e. The molecule has 1 rings (SSSR count). The number of nitrogens with one attached hydrogen (secondary N) is 1. The predicted molar refractivity (Wildman–Crippen MR) is 67.4 cm³/mol. The van der Waals surface area contributed by atoms with E-state index in [4.69, 9.17) is 9.88 Å². The highest BCUT2D eigenvalue weighted by Crippen LogP contribution is 2.20. The summed E-state index contributed by atoms with van der Waals surface area (Å²) in [6.45, 7) is 2.57. The van der Waals surface area contributed by atoms with Gasteiger partial charge in [0.05, 0.1) is 5.69 Å². The lowest BCUT2D eigenvalue weighted by molar-refractivity contribution is 0.191. The Morgan fingerprint density at radius 2 is 2.06 bits per heavy atom. The van der Waals surface area contributed by atoms with E-state index >= 15 is 0 Å². The molecule has 0 saturated heterocycles. The van der Waals surface area contributed by atoms with Crippen LogP contribution in [0.3, 0.4) is 0 Å². The fraction of sp³-hybridized carbons (Fsp3) is 0.455. The van der Waals surface area contributed by atoms with Gasteiger partial charge < -0.3 is 10.1 Å². The molecular weight excluding hydrogens is 240 g/mol. The molecule has 1 aromatic rings. The molecule has 17 heavy (non-hydrogen) atoms. The minimum Gasteiger partial charge on any atom is -0.385 e. The maximum absolute atomic E-state index is 11.4. The molecule has 0 aliphatic heterocycles. The third-order valence-corrected chi connectivity index (χ3v) is 3.32. The van der Waals surface area contributed by atoms with Gasteiger partial charge in [-0.05, 0) is 25.5 Å². The van der Waals surface area contributed by atoms with Gasteiger partial charge in [0.1, 0.15) is 4.90 Å². The van der Waals surface area contributed by atoms with Crippen LogP contribution in [0.25, 0.3) is 0 Å². The van der Waals surface area contributed by atoms with Crippen LogP contribution in [0.2, 0.25) is 0 Å². The third-order valence-electron chi connectivity index (χ3n) is 2.35. The monoisotopic (exact) mass is 258 g/mol. The Kier molecular flexibility index (Phi) is 4.92. The number of hydrogen-bond acceptors (Lipinski definition) is 4. The molecule has 96 valence electrons. The van der Waals surface area contributed by atoms with Gasteiger partial charge in [0.25, 0.3) is 0 Å². The van der Waals surface area contributed by atoms with E-state index < -0.39 is 10.0 Å². The average molecular weight is 258 g/mol. The van der Waals surface area contributed by atoms with E-state index in [1.165, 1.54) is 6.07 Å². The fourth-order valence-corrected chi connectivity index (χ4v) is 2.17. The summed E-state index contributed by atoms with van der Waals surface area (Å²) in [4.78, 5) is 0.115. The van der Waals surface area contributed by atoms with Gasteiger partial charge in [-0.2, -0.15) is 0 Å². The standard InChI is InChI=1S/C11H18N2O3S/c1-9(7-8-16-2)13-10-5-3-4-6-11(10)17(12,14)15/h3-6,9,13H,7-8H2,1-2H3,(H2,12,14,15). The Morgan fingerprint density at radius 3 is 2.65 bits per heavy atom. The van der Waals surface area contributed by atoms with Crippen LogP contribution in [0.5, 0.6) is 0 Å². The van der Waals surface area contributed by atoms with Crippen molar-refractivity contribution in [2.24, 2.45) is 5.14 Å². The fourth-order valence-electron chi connectivity index (χ4n) is 1.47. The van der Waals surface area contributed by atoms with E-state index in [0.29, 0.717) is 12.3 Å². The van der Waals surface area contributed by atoms with E-state index in [2.05, 4.69) is 5.32 Å². The van der Waals surface area contributed by atoms with Gasteiger partial charge in [0.15, 0.2) is 0 Å².